The van der Waals surface area contributed by atoms with E-state index in [9.17, 15) is 5.11 Å². The number of ether oxygens (including phenoxy) is 1. The van der Waals surface area contributed by atoms with E-state index in [2.05, 4.69) is 11.4 Å². The molecule has 0 aliphatic carbocycles. The number of aliphatic hydroxyl groups is 1. The molecule has 16 heavy (non-hydrogen) atoms. The number of piperazine rings is 1. The molecule has 0 bridgehead atoms. The summed E-state index contributed by atoms with van der Waals surface area (Å²) >= 11 is 0. The average molecular weight is 227 g/mol. The molecule has 0 radical (unpaired) electrons. The van der Waals surface area contributed by atoms with Crippen LogP contribution in [0.3, 0.4) is 0 Å². The Kier molecular flexibility index (Phi) is 5.71. The van der Waals surface area contributed by atoms with Crippen molar-refractivity contribution in [3.05, 3.63) is 0 Å². The molecular formula is C11H21N3O2. The van der Waals surface area contributed by atoms with Crippen LogP contribution in [0.1, 0.15) is 13.8 Å². The number of rotatable bonds is 5. The van der Waals surface area contributed by atoms with Gasteiger partial charge in [-0.3, -0.25) is 4.90 Å². The lowest BCUT2D eigenvalue weighted by molar-refractivity contribution is -0.0132. The molecular weight excluding hydrogens is 206 g/mol. The highest BCUT2D eigenvalue weighted by Crippen LogP contribution is 2.04. The summed E-state index contributed by atoms with van der Waals surface area (Å²) in [6, 6.07) is 2.10. The Morgan fingerprint density at radius 1 is 1.62 bits per heavy atom. The molecule has 2 atom stereocenters. The number of hydrogen-bond donors (Lipinski definition) is 2. The van der Waals surface area contributed by atoms with Crippen molar-refractivity contribution in [2.75, 3.05) is 32.8 Å². The first-order valence-corrected chi connectivity index (χ1v) is 5.77. The van der Waals surface area contributed by atoms with Crippen molar-refractivity contribution in [3.8, 4) is 6.07 Å². The summed E-state index contributed by atoms with van der Waals surface area (Å²) < 4.78 is 5.34. The summed E-state index contributed by atoms with van der Waals surface area (Å²) in [5, 5.41) is 21.9. The van der Waals surface area contributed by atoms with Crippen LogP contribution >= 0.6 is 0 Å². The van der Waals surface area contributed by atoms with Gasteiger partial charge in [0.1, 0.15) is 6.04 Å². The number of aliphatic hydroxyl groups excluding tert-OH is 1. The quantitative estimate of drug-likeness (QED) is 0.667. The van der Waals surface area contributed by atoms with Crippen molar-refractivity contribution in [1.82, 2.24) is 10.2 Å². The van der Waals surface area contributed by atoms with Crippen molar-refractivity contribution in [3.63, 3.8) is 0 Å². The van der Waals surface area contributed by atoms with Crippen LogP contribution in [0.15, 0.2) is 0 Å². The van der Waals surface area contributed by atoms with Gasteiger partial charge < -0.3 is 15.2 Å². The second-order valence-electron chi connectivity index (χ2n) is 4.38. The topological polar surface area (TPSA) is 68.5 Å². The van der Waals surface area contributed by atoms with E-state index in [1.165, 1.54) is 0 Å². The molecule has 0 spiro atoms. The van der Waals surface area contributed by atoms with Gasteiger partial charge in [-0.1, -0.05) is 0 Å². The second-order valence-corrected chi connectivity index (χ2v) is 4.38. The maximum Gasteiger partial charge on any atom is 0.110 e. The molecule has 0 saturated carbocycles. The normalized spacial score (nSPS) is 24.3. The minimum Gasteiger partial charge on any atom is -0.389 e. The third-order valence-electron chi connectivity index (χ3n) is 2.57. The second kappa shape index (κ2) is 6.81. The van der Waals surface area contributed by atoms with Gasteiger partial charge in [0, 0.05) is 26.2 Å². The summed E-state index contributed by atoms with van der Waals surface area (Å²) in [6.07, 6.45) is -0.388. The standard InChI is InChI=1S/C11H21N3O2/c1-9(2)16-8-11(15)7-14-4-3-13-6-10(14)5-12/h9-11,13,15H,3-4,6-8H2,1-2H3. The summed E-state index contributed by atoms with van der Waals surface area (Å²) in [5.41, 5.74) is 0. The Hall–Kier alpha value is -0.670. The molecule has 0 aromatic carbocycles. The average Bonchev–Trinajstić information content (AvgIpc) is 2.27. The first-order chi connectivity index (χ1) is 7.63. The predicted molar refractivity (Wildman–Crippen MR) is 60.9 cm³/mol. The minimum absolute atomic E-state index is 0.129. The zero-order chi connectivity index (χ0) is 12.0. The highest BCUT2D eigenvalue weighted by molar-refractivity contribution is 4.96. The Morgan fingerprint density at radius 2 is 2.38 bits per heavy atom. The largest absolute Gasteiger partial charge is 0.389 e. The molecule has 1 aliphatic rings. The lowest BCUT2D eigenvalue weighted by Gasteiger charge is -2.33. The van der Waals surface area contributed by atoms with Crippen molar-refractivity contribution in [1.29, 1.82) is 5.26 Å². The summed E-state index contributed by atoms with van der Waals surface area (Å²) in [4.78, 5) is 2.00. The molecule has 1 rings (SSSR count). The Morgan fingerprint density at radius 3 is 3.00 bits per heavy atom. The third kappa shape index (κ3) is 4.45. The van der Waals surface area contributed by atoms with E-state index >= 15 is 0 Å². The molecule has 1 saturated heterocycles. The zero-order valence-electron chi connectivity index (χ0n) is 10.0. The summed E-state index contributed by atoms with van der Waals surface area (Å²) in [5.74, 6) is 0. The first-order valence-electron chi connectivity index (χ1n) is 5.77. The Balaban J connectivity index is 2.31. The van der Waals surface area contributed by atoms with Crippen molar-refractivity contribution < 1.29 is 9.84 Å². The monoisotopic (exact) mass is 227 g/mol. The van der Waals surface area contributed by atoms with Crippen LogP contribution in [0.4, 0.5) is 0 Å². The number of nitrogens with one attached hydrogen (secondary N) is 1. The van der Waals surface area contributed by atoms with Crippen LogP contribution in [0.5, 0.6) is 0 Å². The van der Waals surface area contributed by atoms with Gasteiger partial charge >= 0.3 is 0 Å². The smallest absolute Gasteiger partial charge is 0.110 e. The minimum atomic E-state index is -0.517. The molecule has 1 heterocycles. The number of hydrogen-bond acceptors (Lipinski definition) is 5. The Bertz CT molecular complexity index is 240. The highest BCUT2D eigenvalue weighted by Gasteiger charge is 2.23. The third-order valence-corrected chi connectivity index (χ3v) is 2.57. The molecule has 5 heteroatoms. The maximum absolute atomic E-state index is 9.77. The predicted octanol–water partition coefficient (Wildman–Crippen LogP) is -0.430. The molecule has 1 fully saturated rings. The molecule has 0 amide bonds. The van der Waals surface area contributed by atoms with Gasteiger partial charge in [0.25, 0.3) is 0 Å². The van der Waals surface area contributed by atoms with Gasteiger partial charge in [0.15, 0.2) is 0 Å². The van der Waals surface area contributed by atoms with Gasteiger partial charge in [0.05, 0.1) is 24.9 Å². The maximum atomic E-state index is 9.77. The molecule has 0 aromatic rings. The van der Waals surface area contributed by atoms with Gasteiger partial charge in [-0.15, -0.1) is 0 Å². The van der Waals surface area contributed by atoms with Crippen LogP contribution in [-0.2, 0) is 4.74 Å². The Labute approximate surface area is 97.0 Å². The van der Waals surface area contributed by atoms with E-state index in [0.29, 0.717) is 19.7 Å². The van der Waals surface area contributed by atoms with Crippen molar-refractivity contribution >= 4 is 0 Å². The van der Waals surface area contributed by atoms with Gasteiger partial charge in [-0.05, 0) is 13.8 Å². The van der Waals surface area contributed by atoms with Gasteiger partial charge in [0.2, 0.25) is 0 Å². The summed E-state index contributed by atoms with van der Waals surface area (Å²) in [6.45, 7) is 7.07. The van der Waals surface area contributed by atoms with E-state index in [1.54, 1.807) is 0 Å². The van der Waals surface area contributed by atoms with Gasteiger partial charge in [-0.25, -0.2) is 0 Å². The number of β-amino-alcohol motifs (C(OH)–C–C–N with tert-alkyl or cyclic N) is 1. The van der Waals surface area contributed by atoms with Crippen LogP contribution < -0.4 is 5.32 Å². The van der Waals surface area contributed by atoms with Gasteiger partial charge in [-0.2, -0.15) is 5.26 Å². The molecule has 2 unspecified atom stereocenters. The van der Waals surface area contributed by atoms with E-state index in [1.807, 2.05) is 18.7 Å². The molecule has 5 nitrogen and oxygen atoms in total. The lowest BCUT2D eigenvalue weighted by atomic mass is 10.2. The lowest BCUT2D eigenvalue weighted by Crippen LogP contribution is -2.53. The fourth-order valence-electron chi connectivity index (χ4n) is 1.72. The fourth-order valence-corrected chi connectivity index (χ4v) is 1.72. The first kappa shape index (κ1) is 13.4. The molecule has 0 aromatic heterocycles. The van der Waals surface area contributed by atoms with E-state index in [4.69, 9.17) is 10.00 Å². The van der Waals surface area contributed by atoms with Crippen LogP contribution in [-0.4, -0.2) is 61.0 Å². The van der Waals surface area contributed by atoms with Crippen molar-refractivity contribution in [2.45, 2.75) is 32.1 Å². The molecule has 92 valence electrons. The number of nitriles is 1. The van der Waals surface area contributed by atoms with E-state index in [-0.39, 0.29) is 12.1 Å². The summed E-state index contributed by atoms with van der Waals surface area (Å²) in [7, 11) is 0. The number of nitrogens with zero attached hydrogens (tertiary/aromatic N) is 2. The van der Waals surface area contributed by atoms with Crippen molar-refractivity contribution in [2.24, 2.45) is 0 Å². The fraction of sp³-hybridized carbons (Fsp3) is 0.909. The zero-order valence-corrected chi connectivity index (χ0v) is 10.0. The van der Waals surface area contributed by atoms with Crippen LogP contribution in [0.25, 0.3) is 0 Å². The van der Waals surface area contributed by atoms with Crippen LogP contribution in [0, 0.1) is 11.3 Å². The molecule has 2 N–H and O–H groups in total. The molecule has 1 aliphatic heterocycles. The van der Waals surface area contributed by atoms with E-state index < -0.39 is 6.10 Å². The highest BCUT2D eigenvalue weighted by atomic mass is 16.5. The SMILES string of the molecule is CC(C)OCC(O)CN1CCNCC1C#N. The van der Waals surface area contributed by atoms with E-state index in [0.717, 1.165) is 13.1 Å². The van der Waals surface area contributed by atoms with Crippen LogP contribution in [0.2, 0.25) is 0 Å².